The van der Waals surface area contributed by atoms with Crippen LogP contribution in [0.15, 0.2) is 17.0 Å². The largest absolute Gasteiger partial charge is 0.326 e. The van der Waals surface area contributed by atoms with E-state index in [0.29, 0.717) is 13.1 Å². The molecule has 0 amide bonds. The van der Waals surface area contributed by atoms with Gasteiger partial charge in [0.2, 0.25) is 10.0 Å². The Morgan fingerprint density at radius 3 is 2.71 bits per heavy atom. The van der Waals surface area contributed by atoms with Crippen molar-refractivity contribution in [1.29, 1.82) is 0 Å². The summed E-state index contributed by atoms with van der Waals surface area (Å²) in [5.74, 6) is -2.22. The normalized spacial score (nSPS) is 20.1. The number of hydrogen-bond donors (Lipinski definition) is 1. The maximum Gasteiger partial charge on any atom is 0.246 e. The molecule has 0 radical (unpaired) electrons. The fourth-order valence-corrected chi connectivity index (χ4v) is 4.38. The maximum absolute atomic E-state index is 13.9. The van der Waals surface area contributed by atoms with E-state index in [4.69, 9.17) is 5.73 Å². The van der Waals surface area contributed by atoms with Crippen LogP contribution in [0.25, 0.3) is 0 Å². The number of hydrogen-bond acceptors (Lipinski definition) is 3. The van der Waals surface area contributed by atoms with Crippen molar-refractivity contribution >= 4 is 10.0 Å². The molecule has 0 bridgehead atoms. The van der Waals surface area contributed by atoms with E-state index in [1.807, 2.05) is 6.92 Å². The highest BCUT2D eigenvalue weighted by molar-refractivity contribution is 7.89. The Labute approximate surface area is 124 Å². The van der Waals surface area contributed by atoms with Crippen LogP contribution < -0.4 is 5.73 Å². The van der Waals surface area contributed by atoms with Crippen LogP contribution in [-0.2, 0) is 16.6 Å². The lowest BCUT2D eigenvalue weighted by Gasteiger charge is -2.18. The molecule has 1 aliphatic rings. The molecule has 0 spiro atoms. The summed E-state index contributed by atoms with van der Waals surface area (Å²) in [6.07, 6.45) is 2.67. The molecule has 0 saturated carbocycles. The third-order valence-corrected chi connectivity index (χ3v) is 5.72. The van der Waals surface area contributed by atoms with E-state index in [-0.39, 0.29) is 18.0 Å². The predicted octanol–water partition coefficient (Wildman–Crippen LogP) is 2.23. The van der Waals surface area contributed by atoms with Crippen LogP contribution in [0.4, 0.5) is 8.78 Å². The molecular weight excluding hydrogens is 298 g/mol. The van der Waals surface area contributed by atoms with E-state index in [1.165, 1.54) is 4.31 Å². The lowest BCUT2D eigenvalue weighted by molar-refractivity contribution is 0.433. The average Bonchev–Trinajstić information content (AvgIpc) is 2.91. The van der Waals surface area contributed by atoms with Crippen molar-refractivity contribution in [2.45, 2.75) is 37.6 Å². The zero-order valence-corrected chi connectivity index (χ0v) is 12.8. The molecule has 0 aromatic heterocycles. The van der Waals surface area contributed by atoms with Gasteiger partial charge in [0.25, 0.3) is 0 Å². The highest BCUT2D eigenvalue weighted by Crippen LogP contribution is 2.29. The zero-order chi connectivity index (χ0) is 15.6. The van der Waals surface area contributed by atoms with Crippen LogP contribution in [0, 0.1) is 17.6 Å². The van der Waals surface area contributed by atoms with Crippen molar-refractivity contribution in [3.8, 4) is 0 Å². The van der Waals surface area contributed by atoms with Crippen LogP contribution in [0.5, 0.6) is 0 Å². The van der Waals surface area contributed by atoms with Crippen LogP contribution in [0.2, 0.25) is 0 Å². The van der Waals surface area contributed by atoms with E-state index in [1.54, 1.807) is 0 Å². The van der Waals surface area contributed by atoms with Crippen molar-refractivity contribution in [2.24, 2.45) is 11.7 Å². The van der Waals surface area contributed by atoms with Crippen LogP contribution in [0.1, 0.15) is 31.7 Å². The highest BCUT2D eigenvalue weighted by atomic mass is 32.2. The number of benzene rings is 1. The lowest BCUT2D eigenvalue weighted by Crippen LogP contribution is -2.30. The van der Waals surface area contributed by atoms with Gasteiger partial charge in [0.15, 0.2) is 11.6 Å². The number of rotatable bonds is 5. The molecule has 2 N–H and O–H groups in total. The molecule has 7 heteroatoms. The first kappa shape index (κ1) is 16.3. The Morgan fingerprint density at radius 2 is 2.10 bits per heavy atom. The van der Waals surface area contributed by atoms with E-state index in [0.717, 1.165) is 31.4 Å². The molecule has 1 fully saturated rings. The summed E-state index contributed by atoms with van der Waals surface area (Å²) < 4.78 is 53.7. The quantitative estimate of drug-likeness (QED) is 0.905. The number of nitrogens with two attached hydrogens (primary N) is 1. The summed E-state index contributed by atoms with van der Waals surface area (Å²) in [5, 5.41) is 0. The second kappa shape index (κ2) is 6.37. The molecule has 2 rings (SSSR count). The summed E-state index contributed by atoms with van der Waals surface area (Å²) in [6, 6.07) is 2.05. The Bertz CT molecular complexity index is 620. The Hall–Kier alpha value is -1.05. The van der Waals surface area contributed by atoms with Gasteiger partial charge >= 0.3 is 0 Å². The Morgan fingerprint density at radius 1 is 1.38 bits per heavy atom. The van der Waals surface area contributed by atoms with Gasteiger partial charge in [-0.2, -0.15) is 4.31 Å². The number of sulfonamides is 1. The lowest BCUT2D eigenvalue weighted by atomic mass is 10.0. The van der Waals surface area contributed by atoms with Crippen molar-refractivity contribution in [3.63, 3.8) is 0 Å². The third-order valence-electron chi connectivity index (χ3n) is 3.85. The van der Waals surface area contributed by atoms with E-state index >= 15 is 0 Å². The van der Waals surface area contributed by atoms with Gasteiger partial charge in [-0.15, -0.1) is 0 Å². The van der Waals surface area contributed by atoms with Gasteiger partial charge in [-0.05, 0) is 36.5 Å². The first-order chi connectivity index (χ1) is 9.90. The summed E-state index contributed by atoms with van der Waals surface area (Å²) >= 11 is 0. The standard InChI is InChI=1S/C14H20F2N2O2S/c1-2-3-10-4-5-18(9-10)21(19,20)13-7-11(8-17)6-12(15)14(13)16/h6-7,10H,2-5,8-9,17H2,1H3. The monoisotopic (exact) mass is 318 g/mol. The molecule has 1 aliphatic heterocycles. The minimum Gasteiger partial charge on any atom is -0.326 e. The van der Waals surface area contributed by atoms with Gasteiger partial charge in [-0.1, -0.05) is 13.3 Å². The van der Waals surface area contributed by atoms with Gasteiger partial charge in [-0.25, -0.2) is 17.2 Å². The van der Waals surface area contributed by atoms with Crippen molar-refractivity contribution in [3.05, 3.63) is 29.3 Å². The molecular formula is C14H20F2N2O2S. The molecule has 118 valence electrons. The summed E-state index contributed by atoms with van der Waals surface area (Å²) in [7, 11) is -4.01. The fraction of sp³-hybridized carbons (Fsp3) is 0.571. The average molecular weight is 318 g/mol. The molecule has 21 heavy (non-hydrogen) atoms. The summed E-state index contributed by atoms with van der Waals surface area (Å²) in [4.78, 5) is -0.611. The minimum atomic E-state index is -4.01. The SMILES string of the molecule is CCCC1CCN(S(=O)(=O)c2cc(CN)cc(F)c2F)C1. The first-order valence-electron chi connectivity index (χ1n) is 7.08. The molecule has 1 heterocycles. The first-order valence-corrected chi connectivity index (χ1v) is 8.52. The van der Waals surface area contributed by atoms with E-state index < -0.39 is 26.6 Å². The topological polar surface area (TPSA) is 63.4 Å². The van der Waals surface area contributed by atoms with Crippen molar-refractivity contribution < 1.29 is 17.2 Å². The van der Waals surface area contributed by atoms with E-state index in [9.17, 15) is 17.2 Å². The second-order valence-corrected chi connectivity index (χ2v) is 7.31. The van der Waals surface area contributed by atoms with Crippen LogP contribution in [0.3, 0.4) is 0 Å². The zero-order valence-electron chi connectivity index (χ0n) is 12.0. The predicted molar refractivity (Wildman–Crippen MR) is 76.0 cm³/mol. The number of halogens is 2. The minimum absolute atomic E-state index is 0.0435. The Kier molecular flexibility index (Phi) is 4.95. The van der Waals surface area contributed by atoms with Gasteiger partial charge < -0.3 is 5.73 Å². The van der Waals surface area contributed by atoms with E-state index in [2.05, 4.69) is 0 Å². The Balaban J connectivity index is 2.34. The van der Waals surface area contributed by atoms with Crippen LogP contribution in [-0.4, -0.2) is 25.8 Å². The molecule has 1 saturated heterocycles. The van der Waals surface area contributed by atoms with Gasteiger partial charge in [-0.3, -0.25) is 0 Å². The van der Waals surface area contributed by atoms with Gasteiger partial charge in [0.05, 0.1) is 0 Å². The maximum atomic E-state index is 13.9. The fourth-order valence-electron chi connectivity index (χ4n) is 2.72. The van der Waals surface area contributed by atoms with Gasteiger partial charge in [0, 0.05) is 19.6 Å². The molecule has 1 aromatic carbocycles. The molecule has 1 aromatic rings. The second-order valence-electron chi connectivity index (χ2n) is 5.40. The highest BCUT2D eigenvalue weighted by Gasteiger charge is 2.34. The molecule has 1 atom stereocenters. The van der Waals surface area contributed by atoms with Crippen molar-refractivity contribution in [1.82, 2.24) is 4.31 Å². The van der Waals surface area contributed by atoms with Crippen LogP contribution >= 0.6 is 0 Å². The summed E-state index contributed by atoms with van der Waals surface area (Å²) in [5.41, 5.74) is 5.66. The summed E-state index contributed by atoms with van der Waals surface area (Å²) in [6.45, 7) is 2.71. The number of nitrogens with zero attached hydrogens (tertiary/aromatic N) is 1. The van der Waals surface area contributed by atoms with Crippen molar-refractivity contribution in [2.75, 3.05) is 13.1 Å². The van der Waals surface area contributed by atoms with Gasteiger partial charge in [0.1, 0.15) is 4.90 Å². The third kappa shape index (κ3) is 3.25. The molecule has 0 aliphatic carbocycles. The smallest absolute Gasteiger partial charge is 0.246 e. The molecule has 1 unspecified atom stereocenters. The molecule has 4 nitrogen and oxygen atoms in total.